The zero-order valence-corrected chi connectivity index (χ0v) is 24.5. The second-order valence-electron chi connectivity index (χ2n) is 11.5. The number of nitrogens with zero attached hydrogens (tertiary/aromatic N) is 3. The number of halogens is 1. The van der Waals surface area contributed by atoms with Crippen LogP contribution in [0.1, 0.15) is 57.9 Å². The number of hydrogen-bond acceptors (Lipinski definition) is 8. The minimum absolute atomic E-state index is 0.00666. The molecule has 1 aromatic rings. The number of rotatable bonds is 14. The molecule has 0 spiro atoms. The monoisotopic (exact) mass is 581 g/mol. The van der Waals surface area contributed by atoms with E-state index in [1.807, 2.05) is 13.8 Å². The molecule has 2 saturated heterocycles. The van der Waals surface area contributed by atoms with Gasteiger partial charge in [0.2, 0.25) is 5.91 Å². The minimum Gasteiger partial charge on any atom is -0.493 e. The molecule has 0 aromatic heterocycles. The van der Waals surface area contributed by atoms with Crippen LogP contribution in [-0.2, 0) is 16.0 Å². The molecule has 0 radical (unpaired) electrons. The summed E-state index contributed by atoms with van der Waals surface area (Å²) in [6.07, 6.45) is 2.40. The topological polar surface area (TPSA) is 123 Å². The first-order valence-corrected chi connectivity index (χ1v) is 15.0. The maximum absolute atomic E-state index is 14.8. The lowest BCUT2D eigenvalue weighted by molar-refractivity contribution is -0.132. The van der Waals surface area contributed by atoms with Gasteiger partial charge < -0.3 is 34.6 Å². The molecule has 2 aliphatic heterocycles. The first kappa shape index (κ1) is 33.0. The molecule has 2 atom stereocenters. The van der Waals surface area contributed by atoms with Gasteiger partial charge in [-0.1, -0.05) is 6.07 Å². The highest BCUT2D eigenvalue weighted by Crippen LogP contribution is 2.24. The van der Waals surface area contributed by atoms with E-state index in [1.54, 1.807) is 21.9 Å². The fourth-order valence-electron chi connectivity index (χ4n) is 5.34. The molecule has 0 bridgehead atoms. The molecule has 2 heterocycles. The second-order valence-corrected chi connectivity index (χ2v) is 11.5. The summed E-state index contributed by atoms with van der Waals surface area (Å²) in [7, 11) is 0. The molecule has 2 aliphatic rings. The summed E-state index contributed by atoms with van der Waals surface area (Å²) in [5.74, 6) is 0.416. The van der Waals surface area contributed by atoms with E-state index in [1.165, 1.54) is 6.07 Å². The van der Waals surface area contributed by atoms with Gasteiger partial charge >= 0.3 is 6.09 Å². The Balaban J connectivity index is 1.31. The van der Waals surface area contributed by atoms with Crippen molar-refractivity contribution in [1.82, 2.24) is 14.7 Å². The number of hydrogen-bond donors (Lipinski definition) is 3. The maximum Gasteiger partial charge on any atom is 0.410 e. The predicted molar refractivity (Wildman–Crippen MR) is 152 cm³/mol. The Kier molecular flexibility index (Phi) is 13.6. The lowest BCUT2D eigenvalue weighted by atomic mass is 9.92. The maximum atomic E-state index is 14.8. The summed E-state index contributed by atoms with van der Waals surface area (Å²) in [4.78, 5) is 30.5. The fourth-order valence-corrected chi connectivity index (χ4v) is 5.34. The number of piperazine rings is 1. The van der Waals surface area contributed by atoms with E-state index in [0.717, 1.165) is 25.7 Å². The number of likely N-dealkylation sites (tertiary alicyclic amines) is 1. The van der Waals surface area contributed by atoms with Crippen LogP contribution in [0.2, 0.25) is 0 Å². The van der Waals surface area contributed by atoms with Crippen molar-refractivity contribution in [2.24, 2.45) is 5.92 Å². The standard InChI is InChI=1S/C30H48FN3O7/c1-22(2)41-30(39)34-11-7-23(8-12-34)4-3-17-40-27-6-5-24(28(31)20-27)18-29(38)33-15-13-32(14-16-33)10-9-25(36)19-26(37)21-35/h5-6,20,22-23,25-26,35-37H,3-4,7-19,21H2,1-2H3/t25-,26?/m1/s1. The van der Waals surface area contributed by atoms with E-state index in [4.69, 9.17) is 14.6 Å². The van der Waals surface area contributed by atoms with Crippen molar-refractivity contribution < 1.29 is 38.8 Å². The van der Waals surface area contributed by atoms with E-state index >= 15 is 0 Å². The van der Waals surface area contributed by atoms with Crippen LogP contribution in [0.5, 0.6) is 5.75 Å². The number of ether oxygens (including phenoxy) is 2. The van der Waals surface area contributed by atoms with Crippen LogP contribution in [0.4, 0.5) is 9.18 Å². The van der Waals surface area contributed by atoms with Gasteiger partial charge in [0.15, 0.2) is 0 Å². The van der Waals surface area contributed by atoms with Gasteiger partial charge in [-0.25, -0.2) is 9.18 Å². The lowest BCUT2D eigenvalue weighted by Gasteiger charge is -2.35. The number of amides is 2. The highest BCUT2D eigenvalue weighted by Gasteiger charge is 2.25. The number of carbonyl (C=O) groups excluding carboxylic acids is 2. The Bertz CT molecular complexity index is 950. The fraction of sp³-hybridized carbons (Fsp3) is 0.733. The van der Waals surface area contributed by atoms with Gasteiger partial charge in [-0.2, -0.15) is 0 Å². The molecule has 0 saturated carbocycles. The smallest absolute Gasteiger partial charge is 0.410 e. The molecule has 2 fully saturated rings. The molecule has 3 rings (SSSR count). The van der Waals surface area contributed by atoms with Crippen LogP contribution in [0.15, 0.2) is 18.2 Å². The van der Waals surface area contributed by atoms with E-state index in [-0.39, 0.29) is 37.6 Å². The van der Waals surface area contributed by atoms with Crippen molar-refractivity contribution in [1.29, 1.82) is 0 Å². The Morgan fingerprint density at radius 2 is 1.73 bits per heavy atom. The molecule has 10 nitrogen and oxygen atoms in total. The Hall–Kier alpha value is -2.47. The molecule has 1 aromatic carbocycles. The molecular formula is C30H48FN3O7. The van der Waals surface area contributed by atoms with E-state index < -0.39 is 18.0 Å². The first-order valence-electron chi connectivity index (χ1n) is 15.0. The summed E-state index contributed by atoms with van der Waals surface area (Å²) >= 11 is 0. The zero-order valence-electron chi connectivity index (χ0n) is 24.5. The summed E-state index contributed by atoms with van der Waals surface area (Å²) in [5, 5.41) is 28.3. The van der Waals surface area contributed by atoms with E-state index in [9.17, 15) is 24.2 Å². The molecule has 11 heteroatoms. The largest absolute Gasteiger partial charge is 0.493 e. The van der Waals surface area contributed by atoms with Gasteiger partial charge in [-0.05, 0) is 63.5 Å². The van der Waals surface area contributed by atoms with Crippen LogP contribution in [-0.4, -0.2) is 119 Å². The van der Waals surface area contributed by atoms with Gasteiger partial charge in [0.1, 0.15) is 11.6 Å². The predicted octanol–water partition coefficient (Wildman–Crippen LogP) is 2.42. The lowest BCUT2D eigenvalue weighted by Crippen LogP contribution is -2.49. The molecular weight excluding hydrogens is 533 g/mol. The average Bonchev–Trinajstić information content (AvgIpc) is 2.95. The van der Waals surface area contributed by atoms with Crippen LogP contribution >= 0.6 is 0 Å². The van der Waals surface area contributed by atoms with Crippen molar-refractivity contribution in [3.63, 3.8) is 0 Å². The third-order valence-electron chi connectivity index (χ3n) is 7.86. The summed E-state index contributed by atoms with van der Waals surface area (Å²) in [5.41, 5.74) is 0.345. The van der Waals surface area contributed by atoms with Gasteiger partial charge in [0.05, 0.1) is 37.9 Å². The number of carbonyl (C=O) groups is 2. The number of aliphatic hydroxyl groups is 3. The van der Waals surface area contributed by atoms with Crippen molar-refractivity contribution >= 4 is 12.0 Å². The molecule has 3 N–H and O–H groups in total. The van der Waals surface area contributed by atoms with Crippen molar-refractivity contribution in [3.8, 4) is 5.75 Å². The normalized spacial score (nSPS) is 18.4. The van der Waals surface area contributed by atoms with Crippen LogP contribution in [0, 0.1) is 11.7 Å². The third kappa shape index (κ3) is 11.4. The van der Waals surface area contributed by atoms with Crippen molar-refractivity contribution in [3.05, 3.63) is 29.6 Å². The zero-order chi connectivity index (χ0) is 29.8. The summed E-state index contributed by atoms with van der Waals surface area (Å²) in [6.45, 7) is 8.29. The Labute approximate surface area is 243 Å². The molecule has 0 aliphatic carbocycles. The number of piperidine rings is 1. The first-order chi connectivity index (χ1) is 19.6. The highest BCUT2D eigenvalue weighted by molar-refractivity contribution is 5.79. The van der Waals surface area contributed by atoms with Gasteiger partial charge in [0.25, 0.3) is 0 Å². The molecule has 2 amide bonds. The van der Waals surface area contributed by atoms with Gasteiger partial charge in [-0.15, -0.1) is 0 Å². The molecule has 1 unspecified atom stereocenters. The molecule has 41 heavy (non-hydrogen) atoms. The quantitative estimate of drug-likeness (QED) is 0.287. The Morgan fingerprint density at radius 1 is 1.02 bits per heavy atom. The third-order valence-corrected chi connectivity index (χ3v) is 7.86. The SMILES string of the molecule is CC(C)OC(=O)N1CCC(CCCOc2ccc(CC(=O)N3CCN(CC[C@@H](O)CC(O)CO)CC3)c(F)c2)CC1. The summed E-state index contributed by atoms with van der Waals surface area (Å²) < 4.78 is 25.8. The van der Waals surface area contributed by atoms with Crippen molar-refractivity contribution in [2.75, 3.05) is 59.0 Å². The highest BCUT2D eigenvalue weighted by atomic mass is 19.1. The molecule has 232 valence electrons. The summed E-state index contributed by atoms with van der Waals surface area (Å²) in [6, 6.07) is 4.67. The Morgan fingerprint density at radius 3 is 2.37 bits per heavy atom. The average molecular weight is 582 g/mol. The van der Waals surface area contributed by atoms with Crippen LogP contribution in [0.3, 0.4) is 0 Å². The van der Waals surface area contributed by atoms with Crippen LogP contribution in [0.25, 0.3) is 0 Å². The van der Waals surface area contributed by atoms with Crippen LogP contribution < -0.4 is 4.74 Å². The van der Waals surface area contributed by atoms with Gasteiger partial charge in [-0.3, -0.25) is 9.69 Å². The minimum atomic E-state index is -0.912. The van der Waals surface area contributed by atoms with E-state index in [0.29, 0.717) is 76.1 Å². The van der Waals surface area contributed by atoms with E-state index in [2.05, 4.69) is 4.90 Å². The second kappa shape index (κ2) is 16.8. The number of aliphatic hydroxyl groups excluding tert-OH is 3. The van der Waals surface area contributed by atoms with Crippen molar-refractivity contribution in [2.45, 2.75) is 77.1 Å². The van der Waals surface area contributed by atoms with Gasteiger partial charge in [0, 0.05) is 58.3 Å². The number of benzene rings is 1.